The number of fused-ring (bicyclic) bond motifs is 1. The Morgan fingerprint density at radius 3 is 2.71 bits per heavy atom. The van der Waals surface area contributed by atoms with E-state index in [0.29, 0.717) is 24.2 Å². The fourth-order valence-corrected chi connectivity index (χ4v) is 3.85. The molecular formula is C15H22O2. The average molecular weight is 234 g/mol. The van der Waals surface area contributed by atoms with Crippen LogP contribution >= 0.6 is 0 Å². The lowest BCUT2D eigenvalue weighted by Crippen LogP contribution is -2.42. The molecule has 0 aliphatic heterocycles. The van der Waals surface area contributed by atoms with Crippen molar-refractivity contribution in [3.63, 3.8) is 0 Å². The standard InChI is InChI=1S/C15H22O2/c1-5-12-10(3)14-9(2)7-15(4,17)8-11(14)6-13(12)16/h5-6,9-10,14,17H,7-8H2,1-4H3. The van der Waals surface area contributed by atoms with Gasteiger partial charge < -0.3 is 5.11 Å². The molecule has 2 heteroatoms. The largest absolute Gasteiger partial charge is 0.390 e. The lowest BCUT2D eigenvalue weighted by molar-refractivity contribution is -0.112. The van der Waals surface area contributed by atoms with Gasteiger partial charge in [-0.2, -0.15) is 0 Å². The fraction of sp³-hybridized carbons (Fsp3) is 0.667. The quantitative estimate of drug-likeness (QED) is 0.654. The summed E-state index contributed by atoms with van der Waals surface area (Å²) in [5.74, 6) is 1.29. The Bertz CT molecular complexity index is 401. The first-order valence-electron chi connectivity index (χ1n) is 6.49. The molecular weight excluding hydrogens is 212 g/mol. The molecule has 4 unspecified atom stereocenters. The summed E-state index contributed by atoms with van der Waals surface area (Å²) < 4.78 is 0. The molecule has 0 aromatic heterocycles. The van der Waals surface area contributed by atoms with Gasteiger partial charge in [-0.25, -0.2) is 0 Å². The predicted octanol–water partition coefficient (Wildman–Crippen LogP) is 2.88. The molecule has 1 N–H and O–H groups in total. The van der Waals surface area contributed by atoms with Gasteiger partial charge in [0.25, 0.3) is 0 Å². The Morgan fingerprint density at radius 1 is 1.47 bits per heavy atom. The van der Waals surface area contributed by atoms with Gasteiger partial charge >= 0.3 is 0 Å². The topological polar surface area (TPSA) is 37.3 Å². The van der Waals surface area contributed by atoms with Gasteiger partial charge in [0, 0.05) is 0 Å². The van der Waals surface area contributed by atoms with Gasteiger partial charge in [0.1, 0.15) is 0 Å². The molecule has 94 valence electrons. The molecule has 0 aromatic rings. The average Bonchev–Trinajstić information content (AvgIpc) is 2.14. The van der Waals surface area contributed by atoms with E-state index in [4.69, 9.17) is 0 Å². The van der Waals surface area contributed by atoms with Gasteiger partial charge in [-0.05, 0) is 56.1 Å². The molecule has 0 bridgehead atoms. The number of hydrogen-bond acceptors (Lipinski definition) is 2. The van der Waals surface area contributed by atoms with Crippen molar-refractivity contribution in [2.75, 3.05) is 0 Å². The summed E-state index contributed by atoms with van der Waals surface area (Å²) in [5, 5.41) is 10.2. The maximum Gasteiger partial charge on any atom is 0.181 e. The zero-order chi connectivity index (χ0) is 12.8. The molecule has 1 fully saturated rings. The SMILES string of the molecule is CC=C1C(=O)C=C2CC(C)(O)CC(C)C2C1C. The Kier molecular flexibility index (Phi) is 3.03. The lowest BCUT2D eigenvalue weighted by atomic mass is 9.61. The minimum Gasteiger partial charge on any atom is -0.390 e. The van der Waals surface area contributed by atoms with E-state index in [1.54, 1.807) is 6.08 Å². The Hall–Kier alpha value is -0.890. The Morgan fingerprint density at radius 2 is 2.12 bits per heavy atom. The summed E-state index contributed by atoms with van der Waals surface area (Å²) in [6.45, 7) is 8.14. The minimum atomic E-state index is -0.644. The van der Waals surface area contributed by atoms with Gasteiger partial charge in [-0.1, -0.05) is 25.5 Å². The first-order chi connectivity index (χ1) is 7.85. The summed E-state index contributed by atoms with van der Waals surface area (Å²) in [4.78, 5) is 12.0. The summed E-state index contributed by atoms with van der Waals surface area (Å²) in [6, 6.07) is 0. The first kappa shape index (κ1) is 12.6. The van der Waals surface area contributed by atoms with E-state index in [-0.39, 0.29) is 5.78 Å². The zero-order valence-corrected chi connectivity index (χ0v) is 11.2. The van der Waals surface area contributed by atoms with Crippen LogP contribution in [0.3, 0.4) is 0 Å². The highest BCUT2D eigenvalue weighted by atomic mass is 16.3. The van der Waals surface area contributed by atoms with E-state index in [1.165, 1.54) is 0 Å². The van der Waals surface area contributed by atoms with Crippen LogP contribution in [0.1, 0.15) is 40.5 Å². The molecule has 2 aliphatic rings. The minimum absolute atomic E-state index is 0.135. The van der Waals surface area contributed by atoms with E-state index in [9.17, 15) is 9.90 Å². The molecule has 0 aromatic carbocycles. The zero-order valence-electron chi connectivity index (χ0n) is 11.2. The summed E-state index contributed by atoms with van der Waals surface area (Å²) in [5.41, 5.74) is 1.44. The summed E-state index contributed by atoms with van der Waals surface area (Å²) >= 11 is 0. The molecule has 1 saturated carbocycles. The third-order valence-electron chi connectivity index (χ3n) is 4.33. The van der Waals surface area contributed by atoms with Crippen LogP contribution in [0.4, 0.5) is 0 Å². The van der Waals surface area contributed by atoms with Crippen LogP contribution in [0, 0.1) is 17.8 Å². The predicted molar refractivity (Wildman–Crippen MR) is 68.5 cm³/mol. The number of rotatable bonds is 0. The van der Waals surface area contributed by atoms with E-state index in [0.717, 1.165) is 17.6 Å². The van der Waals surface area contributed by atoms with Crippen LogP contribution in [0.5, 0.6) is 0 Å². The first-order valence-corrected chi connectivity index (χ1v) is 6.49. The number of carbonyl (C=O) groups excluding carboxylic acids is 1. The second-order valence-electron chi connectivity index (χ2n) is 6.00. The fourth-order valence-electron chi connectivity index (χ4n) is 3.85. The van der Waals surface area contributed by atoms with Crippen molar-refractivity contribution < 1.29 is 9.90 Å². The third-order valence-corrected chi connectivity index (χ3v) is 4.33. The van der Waals surface area contributed by atoms with E-state index >= 15 is 0 Å². The van der Waals surface area contributed by atoms with Crippen LogP contribution in [-0.4, -0.2) is 16.5 Å². The van der Waals surface area contributed by atoms with E-state index in [2.05, 4.69) is 13.8 Å². The molecule has 0 radical (unpaired) electrons. The number of carbonyl (C=O) groups is 1. The second-order valence-corrected chi connectivity index (χ2v) is 6.00. The monoisotopic (exact) mass is 234 g/mol. The van der Waals surface area contributed by atoms with Crippen molar-refractivity contribution in [3.8, 4) is 0 Å². The van der Waals surface area contributed by atoms with Crippen LogP contribution in [-0.2, 0) is 4.79 Å². The van der Waals surface area contributed by atoms with Crippen molar-refractivity contribution in [1.82, 2.24) is 0 Å². The van der Waals surface area contributed by atoms with Crippen molar-refractivity contribution in [3.05, 3.63) is 23.3 Å². The molecule has 0 amide bonds. The lowest BCUT2D eigenvalue weighted by Gasteiger charge is -2.45. The van der Waals surface area contributed by atoms with Crippen molar-refractivity contribution in [1.29, 1.82) is 0 Å². The Balaban J connectivity index is 2.42. The molecule has 2 nitrogen and oxygen atoms in total. The van der Waals surface area contributed by atoms with Crippen molar-refractivity contribution >= 4 is 5.78 Å². The molecule has 2 rings (SSSR count). The molecule has 4 atom stereocenters. The molecule has 17 heavy (non-hydrogen) atoms. The van der Waals surface area contributed by atoms with Crippen LogP contribution in [0.2, 0.25) is 0 Å². The third kappa shape index (κ3) is 2.11. The molecule has 0 heterocycles. The highest BCUT2D eigenvalue weighted by molar-refractivity contribution is 6.05. The molecule has 0 saturated heterocycles. The number of ketones is 1. The number of hydrogen-bond donors (Lipinski definition) is 1. The summed E-state index contributed by atoms with van der Waals surface area (Å²) in [7, 11) is 0. The van der Waals surface area contributed by atoms with Gasteiger partial charge in [0.2, 0.25) is 0 Å². The Labute approximate surface area is 103 Å². The van der Waals surface area contributed by atoms with E-state index in [1.807, 2.05) is 19.9 Å². The summed E-state index contributed by atoms with van der Waals surface area (Å²) in [6.07, 6.45) is 5.18. The van der Waals surface area contributed by atoms with Crippen molar-refractivity contribution in [2.45, 2.75) is 46.1 Å². The highest BCUT2D eigenvalue weighted by Crippen LogP contribution is 2.47. The maximum absolute atomic E-state index is 12.0. The smallest absolute Gasteiger partial charge is 0.181 e. The maximum atomic E-state index is 12.0. The number of aliphatic hydroxyl groups is 1. The molecule has 0 spiro atoms. The number of allylic oxidation sites excluding steroid dienone is 3. The normalized spacial score (nSPS) is 44.5. The van der Waals surface area contributed by atoms with Crippen molar-refractivity contribution in [2.24, 2.45) is 17.8 Å². The van der Waals surface area contributed by atoms with Gasteiger partial charge in [0.15, 0.2) is 5.78 Å². The highest BCUT2D eigenvalue weighted by Gasteiger charge is 2.43. The van der Waals surface area contributed by atoms with Crippen LogP contribution < -0.4 is 0 Å². The van der Waals surface area contributed by atoms with Gasteiger partial charge in [-0.15, -0.1) is 0 Å². The van der Waals surface area contributed by atoms with Gasteiger partial charge in [-0.3, -0.25) is 4.79 Å². The second kappa shape index (κ2) is 4.09. The molecule has 2 aliphatic carbocycles. The van der Waals surface area contributed by atoms with Gasteiger partial charge in [0.05, 0.1) is 5.60 Å². The van der Waals surface area contributed by atoms with E-state index < -0.39 is 5.60 Å². The van der Waals surface area contributed by atoms with Crippen LogP contribution in [0.15, 0.2) is 23.3 Å². The van der Waals surface area contributed by atoms with Crippen LogP contribution in [0.25, 0.3) is 0 Å².